The number of rotatable bonds is 7. The Balaban J connectivity index is 1.74. The zero-order valence-electron chi connectivity index (χ0n) is 15.7. The van der Waals surface area contributed by atoms with Gasteiger partial charge in [-0.3, -0.25) is 14.2 Å². The first-order valence-electron chi connectivity index (χ1n) is 9.38. The number of fused-ring (bicyclic) bond motifs is 1. The van der Waals surface area contributed by atoms with E-state index in [9.17, 15) is 14.4 Å². The molecule has 0 fully saturated rings. The highest BCUT2D eigenvalue weighted by Crippen LogP contribution is 2.29. The Kier molecular flexibility index (Phi) is 5.73. The number of hydrogen-bond acceptors (Lipinski definition) is 4. The van der Waals surface area contributed by atoms with Gasteiger partial charge in [-0.05, 0) is 25.0 Å². The van der Waals surface area contributed by atoms with Crippen molar-refractivity contribution >= 4 is 17.5 Å². The zero-order chi connectivity index (χ0) is 19.4. The minimum Gasteiger partial charge on any atom is -0.347 e. The highest BCUT2D eigenvalue weighted by Gasteiger charge is 2.26. The lowest BCUT2D eigenvalue weighted by Crippen LogP contribution is -2.38. The van der Waals surface area contributed by atoms with Gasteiger partial charge >= 0.3 is 5.69 Å². The molecule has 1 aromatic heterocycles. The summed E-state index contributed by atoms with van der Waals surface area (Å²) in [5, 5.41) is 10.00. The number of hydrogen-bond donors (Lipinski definition) is 2. The molecule has 2 amide bonds. The third-order valence-electron chi connectivity index (χ3n) is 4.70. The number of aryl methyl sites for hydroxylation is 1. The van der Waals surface area contributed by atoms with E-state index in [2.05, 4.69) is 22.7 Å². The van der Waals surface area contributed by atoms with Crippen molar-refractivity contribution in [3.63, 3.8) is 0 Å². The number of aromatic nitrogens is 3. The molecule has 2 N–H and O–H groups in total. The van der Waals surface area contributed by atoms with Crippen molar-refractivity contribution in [1.29, 1.82) is 0 Å². The molecule has 1 aromatic carbocycles. The zero-order valence-corrected chi connectivity index (χ0v) is 15.7. The third-order valence-corrected chi connectivity index (χ3v) is 4.70. The molecule has 1 aliphatic rings. The minimum atomic E-state index is -0.411. The fourth-order valence-electron chi connectivity index (χ4n) is 3.34. The summed E-state index contributed by atoms with van der Waals surface area (Å²) in [6, 6.07) is 6.96. The van der Waals surface area contributed by atoms with E-state index in [1.807, 2.05) is 25.1 Å². The Bertz CT molecular complexity index is 899. The largest absolute Gasteiger partial charge is 0.347 e. The van der Waals surface area contributed by atoms with Gasteiger partial charge < -0.3 is 10.6 Å². The van der Waals surface area contributed by atoms with Gasteiger partial charge in [0, 0.05) is 18.7 Å². The monoisotopic (exact) mass is 371 g/mol. The molecule has 1 atom stereocenters. The van der Waals surface area contributed by atoms with Crippen molar-refractivity contribution in [3.05, 3.63) is 46.1 Å². The lowest BCUT2D eigenvalue weighted by molar-refractivity contribution is -0.123. The first kappa shape index (κ1) is 18.9. The van der Waals surface area contributed by atoms with Crippen LogP contribution in [0.2, 0.25) is 0 Å². The van der Waals surface area contributed by atoms with E-state index in [4.69, 9.17) is 0 Å². The molecular formula is C19H25N5O3. The molecule has 144 valence electrons. The molecule has 1 aliphatic heterocycles. The first-order valence-corrected chi connectivity index (χ1v) is 9.38. The quantitative estimate of drug-likeness (QED) is 0.772. The Morgan fingerprint density at radius 2 is 2.07 bits per heavy atom. The highest BCUT2D eigenvalue weighted by molar-refractivity contribution is 5.95. The van der Waals surface area contributed by atoms with Crippen molar-refractivity contribution in [2.24, 2.45) is 0 Å². The molecule has 2 heterocycles. The fraction of sp³-hybridized carbons (Fsp3) is 0.474. The van der Waals surface area contributed by atoms with Crippen LogP contribution in [0.1, 0.15) is 50.5 Å². The van der Waals surface area contributed by atoms with Crippen molar-refractivity contribution in [1.82, 2.24) is 19.7 Å². The number of anilines is 1. The predicted molar refractivity (Wildman–Crippen MR) is 101 cm³/mol. The van der Waals surface area contributed by atoms with Crippen LogP contribution in [0.3, 0.4) is 0 Å². The maximum Gasteiger partial charge on any atom is 0.346 e. The second kappa shape index (κ2) is 8.20. The highest BCUT2D eigenvalue weighted by atomic mass is 16.2. The molecule has 0 radical (unpaired) electrons. The number of carbonyl (C=O) groups is 2. The number of nitrogens with one attached hydrogen (secondary N) is 2. The molecule has 0 unspecified atom stereocenters. The maximum atomic E-state index is 12.5. The van der Waals surface area contributed by atoms with Gasteiger partial charge in [0.2, 0.25) is 11.8 Å². The molecule has 3 rings (SSSR count). The first-order chi connectivity index (χ1) is 13.0. The number of nitrogens with zero attached hydrogens (tertiary/aromatic N) is 3. The molecule has 0 bridgehead atoms. The molecule has 8 nitrogen and oxygen atoms in total. The third kappa shape index (κ3) is 4.10. The summed E-state index contributed by atoms with van der Waals surface area (Å²) < 4.78 is 2.81. The normalized spacial score (nSPS) is 15.9. The molecule has 27 heavy (non-hydrogen) atoms. The Morgan fingerprint density at radius 3 is 2.81 bits per heavy atom. The summed E-state index contributed by atoms with van der Waals surface area (Å²) >= 11 is 0. The van der Waals surface area contributed by atoms with Crippen LogP contribution < -0.4 is 16.3 Å². The van der Waals surface area contributed by atoms with Crippen molar-refractivity contribution < 1.29 is 9.59 Å². The van der Waals surface area contributed by atoms with Crippen LogP contribution in [0.15, 0.2) is 29.1 Å². The van der Waals surface area contributed by atoms with Crippen LogP contribution in [0, 0.1) is 0 Å². The van der Waals surface area contributed by atoms with Gasteiger partial charge in [-0.25, -0.2) is 9.48 Å². The molecular weight excluding hydrogens is 346 g/mol. The summed E-state index contributed by atoms with van der Waals surface area (Å²) in [6.07, 6.45) is 2.83. The topological polar surface area (TPSA) is 98.0 Å². The summed E-state index contributed by atoms with van der Waals surface area (Å²) in [6.45, 7) is 4.33. The van der Waals surface area contributed by atoms with Crippen molar-refractivity contribution in [2.45, 2.75) is 58.7 Å². The Hall–Kier alpha value is -2.90. The molecule has 8 heteroatoms. The lowest BCUT2D eigenvalue weighted by atomic mass is 9.97. The van der Waals surface area contributed by atoms with Crippen molar-refractivity contribution in [2.75, 3.05) is 5.32 Å². The van der Waals surface area contributed by atoms with E-state index < -0.39 is 6.04 Å². The number of para-hydroxylation sites is 1. The second-order valence-corrected chi connectivity index (χ2v) is 6.66. The summed E-state index contributed by atoms with van der Waals surface area (Å²) in [7, 11) is 0. The summed E-state index contributed by atoms with van der Waals surface area (Å²) in [4.78, 5) is 36.9. The Labute approximate surface area is 157 Å². The summed E-state index contributed by atoms with van der Waals surface area (Å²) in [5.41, 5.74) is 1.29. The van der Waals surface area contributed by atoms with E-state index in [1.54, 1.807) is 10.6 Å². The molecule has 0 spiro atoms. The molecule has 0 saturated carbocycles. The Morgan fingerprint density at radius 1 is 1.30 bits per heavy atom. The lowest BCUT2D eigenvalue weighted by Gasteiger charge is -2.26. The molecule has 2 aromatic rings. The van der Waals surface area contributed by atoms with Crippen LogP contribution in [-0.4, -0.2) is 26.2 Å². The average Bonchev–Trinajstić information content (AvgIpc) is 2.94. The van der Waals surface area contributed by atoms with E-state index in [0.29, 0.717) is 24.5 Å². The number of benzene rings is 1. The SMILES string of the molecule is CCCCc1nn(CC(=O)N[C@@H]2CC(=O)Nc3ccccc32)c(=O)n1CC. The fourth-order valence-corrected chi connectivity index (χ4v) is 3.34. The second-order valence-electron chi connectivity index (χ2n) is 6.66. The number of unbranched alkanes of at least 4 members (excludes halogenated alkanes) is 1. The van der Waals surface area contributed by atoms with Gasteiger partial charge in [-0.15, -0.1) is 0 Å². The predicted octanol–water partition coefficient (Wildman–Crippen LogP) is 1.61. The minimum absolute atomic E-state index is 0.145. The standard InChI is InChI=1S/C19H25N5O3/c1-3-5-10-16-22-24(19(27)23(16)4-2)12-18(26)21-15-11-17(25)20-14-9-7-6-8-13(14)15/h6-9,15H,3-5,10-12H2,1-2H3,(H,20,25)(H,21,26)/t15-/m1/s1. The average molecular weight is 371 g/mol. The smallest absolute Gasteiger partial charge is 0.346 e. The van der Waals surface area contributed by atoms with Gasteiger partial charge in [0.25, 0.3) is 0 Å². The van der Waals surface area contributed by atoms with E-state index in [-0.39, 0.29) is 30.5 Å². The van der Waals surface area contributed by atoms with Gasteiger partial charge in [0.15, 0.2) is 0 Å². The van der Waals surface area contributed by atoms with E-state index in [1.165, 1.54) is 4.68 Å². The summed E-state index contributed by atoms with van der Waals surface area (Å²) in [5.74, 6) is 0.224. The van der Waals surface area contributed by atoms with Crippen molar-refractivity contribution in [3.8, 4) is 0 Å². The van der Waals surface area contributed by atoms with Gasteiger partial charge in [0.05, 0.1) is 12.5 Å². The van der Waals surface area contributed by atoms with E-state index >= 15 is 0 Å². The van der Waals surface area contributed by atoms with Crippen LogP contribution in [0.25, 0.3) is 0 Å². The van der Waals surface area contributed by atoms with Gasteiger partial charge in [-0.1, -0.05) is 31.5 Å². The van der Waals surface area contributed by atoms with Crippen LogP contribution in [-0.2, 0) is 29.1 Å². The number of carbonyl (C=O) groups excluding carboxylic acids is 2. The van der Waals surface area contributed by atoms with Gasteiger partial charge in [0.1, 0.15) is 12.4 Å². The maximum absolute atomic E-state index is 12.5. The number of amides is 2. The molecule has 0 aliphatic carbocycles. The van der Waals surface area contributed by atoms with Crippen LogP contribution >= 0.6 is 0 Å². The molecule has 0 saturated heterocycles. The van der Waals surface area contributed by atoms with E-state index in [0.717, 1.165) is 18.4 Å². The van der Waals surface area contributed by atoms with Crippen LogP contribution in [0.4, 0.5) is 5.69 Å². The van der Waals surface area contributed by atoms with Gasteiger partial charge in [-0.2, -0.15) is 5.10 Å². The van der Waals surface area contributed by atoms with Crippen LogP contribution in [0.5, 0.6) is 0 Å².